The number of fused-ring (bicyclic) bond motifs is 1. The van der Waals surface area contributed by atoms with Crippen LogP contribution in [0.1, 0.15) is 5.56 Å². The number of nitrogens with zero attached hydrogens (tertiary/aromatic N) is 2. The van der Waals surface area contributed by atoms with Gasteiger partial charge in [0.05, 0.1) is 41.7 Å². The minimum atomic E-state index is 0.489. The standard InChI is InChI=1S/C17H17ClN4O2S/c1-23-15-3-2-11(18)8-16(15)25-22-12-9-13-14(4-5-19)20-6-7-24-17(13)21-10-12/h2-5,8-10,22H,6-7,19H2,1H3. The van der Waals surface area contributed by atoms with E-state index in [9.17, 15) is 0 Å². The van der Waals surface area contributed by atoms with Crippen molar-refractivity contribution >= 4 is 34.9 Å². The molecular weight excluding hydrogens is 360 g/mol. The second-order valence-electron chi connectivity index (χ2n) is 5.05. The smallest absolute Gasteiger partial charge is 0.223 e. The molecule has 2 heterocycles. The molecular formula is C17H17ClN4O2S. The number of ether oxygens (including phenoxy) is 2. The van der Waals surface area contributed by atoms with Crippen molar-refractivity contribution in [2.75, 3.05) is 25.0 Å². The van der Waals surface area contributed by atoms with E-state index in [1.54, 1.807) is 25.4 Å². The van der Waals surface area contributed by atoms with E-state index < -0.39 is 0 Å². The molecule has 3 N–H and O–H groups in total. The highest BCUT2D eigenvalue weighted by molar-refractivity contribution is 8.00. The summed E-state index contributed by atoms with van der Waals surface area (Å²) in [5, 5.41) is 0.640. The Kier molecular flexibility index (Phi) is 5.67. The van der Waals surface area contributed by atoms with E-state index in [0.29, 0.717) is 24.1 Å². The normalized spacial score (nSPS) is 13.6. The van der Waals surface area contributed by atoms with Crippen molar-refractivity contribution in [2.24, 2.45) is 10.7 Å². The maximum atomic E-state index is 6.06. The molecule has 0 aliphatic carbocycles. The van der Waals surface area contributed by atoms with Crippen molar-refractivity contribution in [1.29, 1.82) is 0 Å². The SMILES string of the molecule is COc1ccc(Cl)cc1SNc1cnc2c(c1)C(C=CN)=NCCO2. The van der Waals surface area contributed by atoms with Crippen molar-refractivity contribution < 1.29 is 9.47 Å². The Morgan fingerprint density at radius 3 is 3.08 bits per heavy atom. The average Bonchev–Trinajstić information content (AvgIpc) is 2.82. The number of halogens is 1. The van der Waals surface area contributed by atoms with Crippen LogP contribution in [0.4, 0.5) is 5.69 Å². The lowest BCUT2D eigenvalue weighted by Crippen LogP contribution is -2.03. The minimum absolute atomic E-state index is 0.489. The quantitative estimate of drug-likeness (QED) is 0.777. The second kappa shape index (κ2) is 8.13. The molecule has 1 aromatic heterocycles. The fraction of sp³-hybridized carbons (Fsp3) is 0.176. The zero-order valence-corrected chi connectivity index (χ0v) is 15.1. The number of pyridine rings is 1. The number of benzene rings is 1. The lowest BCUT2D eigenvalue weighted by Gasteiger charge is -2.12. The molecule has 3 rings (SSSR count). The lowest BCUT2D eigenvalue weighted by molar-refractivity contribution is 0.318. The fourth-order valence-electron chi connectivity index (χ4n) is 2.28. The van der Waals surface area contributed by atoms with Crippen LogP contribution in [0.5, 0.6) is 11.6 Å². The molecule has 0 unspecified atom stereocenters. The number of nitrogens with one attached hydrogen (secondary N) is 1. The van der Waals surface area contributed by atoms with Crippen molar-refractivity contribution in [1.82, 2.24) is 4.98 Å². The van der Waals surface area contributed by atoms with Crippen LogP contribution in [0, 0.1) is 0 Å². The minimum Gasteiger partial charge on any atom is -0.496 e. The Bertz CT molecular complexity index is 826. The van der Waals surface area contributed by atoms with Gasteiger partial charge in [0.25, 0.3) is 0 Å². The van der Waals surface area contributed by atoms with E-state index in [1.165, 1.54) is 18.1 Å². The number of aromatic nitrogens is 1. The number of aliphatic imine (C=N–C) groups is 1. The summed E-state index contributed by atoms with van der Waals surface area (Å²) in [6.07, 6.45) is 4.91. The van der Waals surface area contributed by atoms with Crippen molar-refractivity contribution in [2.45, 2.75) is 4.90 Å². The molecule has 0 saturated carbocycles. The number of hydrogen-bond donors (Lipinski definition) is 2. The number of allylic oxidation sites excluding steroid dienone is 1. The number of methoxy groups -OCH3 is 1. The molecule has 130 valence electrons. The first-order valence-corrected chi connectivity index (χ1v) is 8.73. The first-order valence-electron chi connectivity index (χ1n) is 7.53. The summed E-state index contributed by atoms with van der Waals surface area (Å²) in [5.41, 5.74) is 7.86. The van der Waals surface area contributed by atoms with E-state index in [0.717, 1.165) is 27.6 Å². The topological polar surface area (TPSA) is 81.8 Å². The molecule has 25 heavy (non-hydrogen) atoms. The largest absolute Gasteiger partial charge is 0.496 e. The van der Waals surface area contributed by atoms with Gasteiger partial charge < -0.3 is 19.9 Å². The van der Waals surface area contributed by atoms with E-state index >= 15 is 0 Å². The van der Waals surface area contributed by atoms with Gasteiger partial charge in [-0.05, 0) is 48.5 Å². The molecule has 1 aliphatic heterocycles. The van der Waals surface area contributed by atoms with Gasteiger partial charge in [-0.3, -0.25) is 4.99 Å². The molecule has 1 aliphatic rings. The zero-order chi connectivity index (χ0) is 17.6. The number of nitrogens with two attached hydrogens (primary N) is 1. The monoisotopic (exact) mass is 376 g/mol. The summed E-state index contributed by atoms with van der Waals surface area (Å²) in [6.45, 7) is 1.05. The molecule has 2 aromatic rings. The van der Waals surface area contributed by atoms with Crippen molar-refractivity contribution in [3.63, 3.8) is 0 Å². The van der Waals surface area contributed by atoms with Gasteiger partial charge in [-0.2, -0.15) is 0 Å². The molecule has 0 spiro atoms. The van der Waals surface area contributed by atoms with Crippen LogP contribution in [-0.4, -0.2) is 31.0 Å². The molecule has 0 amide bonds. The van der Waals surface area contributed by atoms with E-state index in [2.05, 4.69) is 14.7 Å². The first-order chi connectivity index (χ1) is 12.2. The van der Waals surface area contributed by atoms with Crippen LogP contribution in [0.2, 0.25) is 5.02 Å². The molecule has 6 nitrogen and oxygen atoms in total. The van der Waals surface area contributed by atoms with Crippen molar-refractivity contribution in [3.05, 3.63) is 53.3 Å². The molecule has 0 saturated heterocycles. The molecule has 1 aromatic carbocycles. The summed E-state index contributed by atoms with van der Waals surface area (Å²) >= 11 is 7.45. The van der Waals surface area contributed by atoms with Crippen LogP contribution in [0.3, 0.4) is 0 Å². The summed E-state index contributed by atoms with van der Waals surface area (Å²) in [7, 11) is 1.62. The van der Waals surface area contributed by atoms with Gasteiger partial charge in [0, 0.05) is 5.02 Å². The molecule has 0 bridgehead atoms. The Labute approximate surface area is 155 Å². The second-order valence-corrected chi connectivity index (χ2v) is 6.34. The van der Waals surface area contributed by atoms with Crippen molar-refractivity contribution in [3.8, 4) is 11.6 Å². The third kappa shape index (κ3) is 4.18. The summed E-state index contributed by atoms with van der Waals surface area (Å²) in [6, 6.07) is 7.37. The van der Waals surface area contributed by atoms with Crippen LogP contribution in [0.15, 0.2) is 52.6 Å². The van der Waals surface area contributed by atoms with Gasteiger partial charge in [-0.15, -0.1) is 0 Å². The predicted molar refractivity (Wildman–Crippen MR) is 102 cm³/mol. The average molecular weight is 377 g/mol. The van der Waals surface area contributed by atoms with Gasteiger partial charge in [-0.25, -0.2) is 4.98 Å². The fourth-order valence-corrected chi connectivity index (χ4v) is 3.29. The molecule has 0 atom stereocenters. The van der Waals surface area contributed by atoms with E-state index in [4.69, 9.17) is 26.8 Å². The van der Waals surface area contributed by atoms with E-state index in [-0.39, 0.29) is 0 Å². The Balaban J connectivity index is 1.84. The molecule has 0 fully saturated rings. The third-order valence-corrected chi connectivity index (χ3v) is 4.51. The van der Waals surface area contributed by atoms with Gasteiger partial charge in [-0.1, -0.05) is 11.6 Å². The van der Waals surface area contributed by atoms with E-state index in [1.807, 2.05) is 18.2 Å². The lowest BCUT2D eigenvalue weighted by atomic mass is 10.1. The van der Waals surface area contributed by atoms with Gasteiger partial charge in [0.15, 0.2) is 0 Å². The predicted octanol–water partition coefficient (Wildman–Crippen LogP) is 3.52. The van der Waals surface area contributed by atoms with Crippen LogP contribution in [-0.2, 0) is 0 Å². The summed E-state index contributed by atoms with van der Waals surface area (Å²) in [4.78, 5) is 9.71. The molecule has 0 radical (unpaired) electrons. The molecule has 8 heteroatoms. The maximum absolute atomic E-state index is 6.06. The highest BCUT2D eigenvalue weighted by Gasteiger charge is 2.15. The van der Waals surface area contributed by atoms with Crippen LogP contribution >= 0.6 is 23.5 Å². The Morgan fingerprint density at radius 1 is 1.40 bits per heavy atom. The maximum Gasteiger partial charge on any atom is 0.223 e. The number of anilines is 1. The highest BCUT2D eigenvalue weighted by Crippen LogP contribution is 2.33. The number of hydrogen-bond acceptors (Lipinski definition) is 7. The highest BCUT2D eigenvalue weighted by atomic mass is 35.5. The summed E-state index contributed by atoms with van der Waals surface area (Å²) in [5.74, 6) is 1.28. The van der Waals surface area contributed by atoms with Gasteiger partial charge in [0.1, 0.15) is 12.4 Å². The van der Waals surface area contributed by atoms with Crippen LogP contribution in [0.25, 0.3) is 0 Å². The first kappa shape index (κ1) is 17.4. The Morgan fingerprint density at radius 2 is 2.28 bits per heavy atom. The third-order valence-electron chi connectivity index (χ3n) is 3.40. The van der Waals surface area contributed by atoms with Crippen LogP contribution < -0.4 is 19.9 Å². The Hall–Kier alpha value is -2.38. The number of rotatable bonds is 5. The van der Waals surface area contributed by atoms with Gasteiger partial charge in [0.2, 0.25) is 5.88 Å². The summed E-state index contributed by atoms with van der Waals surface area (Å²) < 4.78 is 14.2. The zero-order valence-electron chi connectivity index (χ0n) is 13.5. The van der Waals surface area contributed by atoms with Gasteiger partial charge >= 0.3 is 0 Å².